The molecule has 0 heterocycles. The summed E-state index contributed by atoms with van der Waals surface area (Å²) in [5, 5.41) is 12.8. The highest BCUT2D eigenvalue weighted by Crippen LogP contribution is 2.25. The molecule has 0 saturated carbocycles. The van der Waals surface area contributed by atoms with Gasteiger partial charge in [-0.3, -0.25) is 4.79 Å². The van der Waals surface area contributed by atoms with Crippen LogP contribution in [0.4, 0.5) is 5.69 Å². The Hall–Kier alpha value is -1.52. The summed E-state index contributed by atoms with van der Waals surface area (Å²) in [6.07, 6.45) is 0. The number of halogens is 2. The van der Waals surface area contributed by atoms with Crippen LogP contribution in [0, 0.1) is 6.92 Å². The van der Waals surface area contributed by atoms with Gasteiger partial charge in [0.25, 0.3) is 5.91 Å². The number of aromatic hydroxyl groups is 1. The third-order valence-corrected chi connectivity index (χ3v) is 3.38. The quantitative estimate of drug-likeness (QED) is 0.853. The van der Waals surface area contributed by atoms with E-state index in [0.717, 1.165) is 10.0 Å². The van der Waals surface area contributed by atoms with Crippen molar-refractivity contribution in [1.29, 1.82) is 0 Å². The maximum atomic E-state index is 12.1. The van der Waals surface area contributed by atoms with Crippen molar-refractivity contribution in [3.8, 4) is 5.75 Å². The number of aryl methyl sites for hydroxylation is 1. The van der Waals surface area contributed by atoms with Gasteiger partial charge in [-0.2, -0.15) is 0 Å². The predicted molar refractivity (Wildman–Crippen MR) is 79.9 cm³/mol. The van der Waals surface area contributed by atoms with Gasteiger partial charge in [0.2, 0.25) is 0 Å². The lowest BCUT2D eigenvalue weighted by Crippen LogP contribution is -2.12. The highest BCUT2D eigenvalue weighted by atomic mass is 79.9. The summed E-state index contributed by atoms with van der Waals surface area (Å²) in [4.78, 5) is 12.1. The molecule has 0 bridgehead atoms. The number of hydrogen-bond donors (Lipinski definition) is 2. The molecule has 0 aliphatic rings. The molecule has 2 N–H and O–H groups in total. The number of rotatable bonds is 2. The Kier molecular flexibility index (Phi) is 4.12. The molecule has 0 aromatic heterocycles. The second kappa shape index (κ2) is 5.63. The summed E-state index contributed by atoms with van der Waals surface area (Å²) in [6.45, 7) is 1.89. The fraction of sp³-hybridized carbons (Fsp3) is 0.0714. The van der Waals surface area contributed by atoms with Crippen LogP contribution < -0.4 is 5.32 Å². The van der Waals surface area contributed by atoms with E-state index >= 15 is 0 Å². The van der Waals surface area contributed by atoms with E-state index in [4.69, 9.17) is 11.6 Å². The first-order valence-electron chi connectivity index (χ1n) is 5.53. The van der Waals surface area contributed by atoms with Gasteiger partial charge in [-0.25, -0.2) is 0 Å². The van der Waals surface area contributed by atoms with Crippen LogP contribution in [0.3, 0.4) is 0 Å². The third-order valence-electron chi connectivity index (χ3n) is 2.65. The number of nitrogens with one attached hydrogen (secondary N) is 1. The molecule has 3 nitrogen and oxygen atoms in total. The van der Waals surface area contributed by atoms with E-state index in [1.807, 2.05) is 19.1 Å². The number of anilines is 1. The lowest BCUT2D eigenvalue weighted by atomic mass is 10.1. The largest absolute Gasteiger partial charge is 0.507 e. The molecule has 0 radical (unpaired) electrons. The molecule has 0 unspecified atom stereocenters. The van der Waals surface area contributed by atoms with Gasteiger partial charge < -0.3 is 10.4 Å². The van der Waals surface area contributed by atoms with E-state index < -0.39 is 0 Å². The topological polar surface area (TPSA) is 49.3 Å². The van der Waals surface area contributed by atoms with Crippen LogP contribution in [0.15, 0.2) is 40.9 Å². The first-order valence-corrected chi connectivity index (χ1v) is 6.70. The van der Waals surface area contributed by atoms with E-state index in [0.29, 0.717) is 10.7 Å². The summed E-state index contributed by atoms with van der Waals surface area (Å²) < 4.78 is 0.869. The smallest absolute Gasteiger partial charge is 0.259 e. The molecule has 1 amide bonds. The van der Waals surface area contributed by atoms with Crippen molar-refractivity contribution in [3.05, 3.63) is 57.0 Å². The Morgan fingerprint density at radius 1 is 1.26 bits per heavy atom. The zero-order chi connectivity index (χ0) is 14.0. The van der Waals surface area contributed by atoms with Gasteiger partial charge in [0.15, 0.2) is 0 Å². The number of phenols is 1. The van der Waals surface area contributed by atoms with E-state index in [1.165, 1.54) is 12.1 Å². The number of benzene rings is 2. The molecule has 2 aromatic carbocycles. The predicted octanol–water partition coefficient (Wildman–Crippen LogP) is 4.37. The monoisotopic (exact) mass is 339 g/mol. The molecular formula is C14H11BrClNO2. The van der Waals surface area contributed by atoms with E-state index in [2.05, 4.69) is 21.2 Å². The third kappa shape index (κ3) is 3.28. The molecule has 0 aliphatic heterocycles. The van der Waals surface area contributed by atoms with Crippen LogP contribution in [0.2, 0.25) is 5.02 Å². The van der Waals surface area contributed by atoms with Crippen molar-refractivity contribution in [3.63, 3.8) is 0 Å². The van der Waals surface area contributed by atoms with Crippen LogP contribution in [0.25, 0.3) is 0 Å². The number of hydrogen-bond acceptors (Lipinski definition) is 2. The summed E-state index contributed by atoms with van der Waals surface area (Å²) in [7, 11) is 0. The van der Waals surface area contributed by atoms with Gasteiger partial charge in [0, 0.05) is 15.2 Å². The van der Waals surface area contributed by atoms with Crippen molar-refractivity contribution in [1.82, 2.24) is 0 Å². The van der Waals surface area contributed by atoms with Gasteiger partial charge >= 0.3 is 0 Å². The minimum absolute atomic E-state index is 0.141. The Labute approximate surface area is 124 Å². The van der Waals surface area contributed by atoms with Crippen molar-refractivity contribution in [2.45, 2.75) is 6.92 Å². The van der Waals surface area contributed by atoms with Gasteiger partial charge in [0.05, 0.1) is 5.56 Å². The van der Waals surface area contributed by atoms with Crippen LogP contribution in [0.1, 0.15) is 15.9 Å². The maximum absolute atomic E-state index is 12.1. The zero-order valence-electron chi connectivity index (χ0n) is 10.1. The second-order valence-electron chi connectivity index (χ2n) is 4.07. The van der Waals surface area contributed by atoms with Crippen molar-refractivity contribution >= 4 is 39.1 Å². The molecule has 98 valence electrons. The average molecular weight is 341 g/mol. The minimum atomic E-state index is -0.379. The van der Waals surface area contributed by atoms with E-state index in [1.54, 1.807) is 12.1 Å². The highest BCUT2D eigenvalue weighted by Gasteiger charge is 2.12. The first kappa shape index (κ1) is 13.9. The van der Waals surface area contributed by atoms with Crippen LogP contribution in [-0.2, 0) is 0 Å². The van der Waals surface area contributed by atoms with Crippen LogP contribution in [0.5, 0.6) is 5.75 Å². The Balaban J connectivity index is 2.28. The average Bonchev–Trinajstić information content (AvgIpc) is 2.33. The molecule has 19 heavy (non-hydrogen) atoms. The fourth-order valence-corrected chi connectivity index (χ4v) is 2.14. The van der Waals surface area contributed by atoms with Crippen molar-refractivity contribution in [2.24, 2.45) is 0 Å². The summed E-state index contributed by atoms with van der Waals surface area (Å²) >= 11 is 9.08. The van der Waals surface area contributed by atoms with Crippen LogP contribution in [-0.4, -0.2) is 11.0 Å². The molecular weight excluding hydrogens is 330 g/mol. The molecule has 0 saturated heterocycles. The van der Waals surface area contributed by atoms with Gasteiger partial charge in [-0.15, -0.1) is 0 Å². The van der Waals surface area contributed by atoms with Crippen molar-refractivity contribution in [2.75, 3.05) is 5.32 Å². The second-order valence-corrected chi connectivity index (χ2v) is 5.43. The Morgan fingerprint density at radius 2 is 2.00 bits per heavy atom. The normalized spacial score (nSPS) is 10.3. The number of carbonyl (C=O) groups excluding carboxylic acids is 1. The standard InChI is InChI=1S/C14H11BrClNO2/c1-8-2-3-9(15)6-12(8)17-14(19)11-5-4-10(16)7-13(11)18/h2-7,18H,1H3,(H,17,19). The molecule has 0 aliphatic carbocycles. The van der Waals surface area contributed by atoms with Crippen LogP contribution >= 0.6 is 27.5 Å². The lowest BCUT2D eigenvalue weighted by Gasteiger charge is -2.10. The SMILES string of the molecule is Cc1ccc(Br)cc1NC(=O)c1ccc(Cl)cc1O. The molecule has 0 spiro atoms. The van der Waals surface area contributed by atoms with Gasteiger partial charge in [-0.1, -0.05) is 33.6 Å². The molecule has 0 atom stereocenters. The molecule has 2 rings (SSSR count). The van der Waals surface area contributed by atoms with E-state index in [-0.39, 0.29) is 17.2 Å². The highest BCUT2D eigenvalue weighted by molar-refractivity contribution is 9.10. The van der Waals surface area contributed by atoms with Gasteiger partial charge in [-0.05, 0) is 42.8 Å². The fourth-order valence-electron chi connectivity index (χ4n) is 1.62. The lowest BCUT2D eigenvalue weighted by molar-refractivity contribution is 0.102. The molecule has 5 heteroatoms. The Bertz CT molecular complexity index is 643. The molecule has 0 fully saturated rings. The number of carbonyl (C=O) groups is 1. The minimum Gasteiger partial charge on any atom is -0.507 e. The summed E-state index contributed by atoms with van der Waals surface area (Å²) in [6, 6.07) is 9.97. The van der Waals surface area contributed by atoms with Gasteiger partial charge in [0.1, 0.15) is 5.75 Å². The van der Waals surface area contributed by atoms with Crippen molar-refractivity contribution < 1.29 is 9.90 Å². The zero-order valence-corrected chi connectivity index (χ0v) is 12.4. The molecule has 2 aromatic rings. The maximum Gasteiger partial charge on any atom is 0.259 e. The number of amides is 1. The summed E-state index contributed by atoms with van der Waals surface area (Å²) in [5.41, 5.74) is 1.81. The van der Waals surface area contributed by atoms with E-state index in [9.17, 15) is 9.90 Å². The first-order chi connectivity index (χ1) is 8.97. The number of phenolic OH excluding ortho intramolecular Hbond substituents is 1. The summed E-state index contributed by atoms with van der Waals surface area (Å²) in [5.74, 6) is -0.520. The Morgan fingerprint density at radius 3 is 2.68 bits per heavy atom.